The molecule has 2 aliphatic rings. The zero-order valence-corrected chi connectivity index (χ0v) is 9.43. The quantitative estimate of drug-likeness (QED) is 0.635. The van der Waals surface area contributed by atoms with Crippen LogP contribution in [0.4, 0.5) is 15.8 Å². The molecule has 18 heavy (non-hydrogen) atoms. The molecule has 0 atom stereocenters. The normalized spacial score (nSPS) is 20.4. The summed E-state index contributed by atoms with van der Waals surface area (Å²) in [4.78, 5) is 11.5. The molecule has 1 N–H and O–H groups in total. The molecule has 0 unspecified atom stereocenters. The van der Waals surface area contributed by atoms with Crippen LogP contribution in [0.2, 0.25) is 0 Å². The van der Waals surface area contributed by atoms with Crippen LogP contribution in [0.5, 0.6) is 5.75 Å². The molecule has 3 rings (SSSR count). The molecule has 6 nitrogen and oxygen atoms in total. The fourth-order valence-electron chi connectivity index (χ4n) is 2.44. The van der Waals surface area contributed by atoms with Gasteiger partial charge in [0, 0.05) is 19.2 Å². The number of halogens is 1. The van der Waals surface area contributed by atoms with Crippen molar-refractivity contribution in [3.05, 3.63) is 28.1 Å². The molecule has 2 saturated heterocycles. The SMILES string of the molecule is O=[N+]([O-])c1cc(F)c(N2CC3(COC3)C2)cc1O. The summed E-state index contributed by atoms with van der Waals surface area (Å²) in [5.74, 6) is -1.20. The number of hydrogen-bond acceptors (Lipinski definition) is 5. The Balaban J connectivity index is 1.85. The summed E-state index contributed by atoms with van der Waals surface area (Å²) in [6.07, 6.45) is 0. The molecule has 2 fully saturated rings. The first-order chi connectivity index (χ1) is 8.51. The second-order valence-corrected chi connectivity index (χ2v) is 4.90. The Morgan fingerprint density at radius 1 is 1.44 bits per heavy atom. The summed E-state index contributed by atoms with van der Waals surface area (Å²) >= 11 is 0. The number of nitrogens with zero attached hydrogens (tertiary/aromatic N) is 2. The highest BCUT2D eigenvalue weighted by molar-refractivity contribution is 5.61. The van der Waals surface area contributed by atoms with Gasteiger partial charge in [0.05, 0.1) is 35.3 Å². The molecule has 0 radical (unpaired) electrons. The maximum absolute atomic E-state index is 13.7. The van der Waals surface area contributed by atoms with Crippen LogP contribution in [-0.4, -0.2) is 36.3 Å². The van der Waals surface area contributed by atoms with Crippen LogP contribution in [0.1, 0.15) is 0 Å². The third-order valence-corrected chi connectivity index (χ3v) is 3.45. The molecule has 2 heterocycles. The molecular formula is C11H11FN2O4. The van der Waals surface area contributed by atoms with Crippen LogP contribution in [0.15, 0.2) is 12.1 Å². The highest BCUT2D eigenvalue weighted by Gasteiger charge is 2.49. The molecule has 0 aliphatic carbocycles. The van der Waals surface area contributed by atoms with Crippen molar-refractivity contribution in [2.24, 2.45) is 5.41 Å². The highest BCUT2D eigenvalue weighted by Crippen LogP contribution is 2.43. The summed E-state index contributed by atoms with van der Waals surface area (Å²) in [5.41, 5.74) is -0.293. The minimum absolute atomic E-state index is 0.115. The number of hydrogen-bond donors (Lipinski definition) is 1. The van der Waals surface area contributed by atoms with Crippen molar-refractivity contribution in [1.82, 2.24) is 0 Å². The minimum atomic E-state index is -0.806. The molecule has 2 aliphatic heterocycles. The Morgan fingerprint density at radius 2 is 2.11 bits per heavy atom. The number of ether oxygens (including phenoxy) is 1. The number of benzene rings is 1. The van der Waals surface area contributed by atoms with Gasteiger partial charge in [0.2, 0.25) is 0 Å². The number of phenolic OH excluding ortho intramolecular Hbond substituents is 1. The van der Waals surface area contributed by atoms with Crippen LogP contribution in [0, 0.1) is 21.3 Å². The average Bonchev–Trinajstić information content (AvgIpc) is 2.17. The van der Waals surface area contributed by atoms with Gasteiger partial charge in [-0.3, -0.25) is 10.1 Å². The Labute approximate surface area is 102 Å². The summed E-state index contributed by atoms with van der Waals surface area (Å²) in [5, 5.41) is 20.0. The smallest absolute Gasteiger partial charge is 0.313 e. The summed E-state index contributed by atoms with van der Waals surface area (Å²) in [6.45, 7) is 2.65. The van der Waals surface area contributed by atoms with E-state index >= 15 is 0 Å². The van der Waals surface area contributed by atoms with Gasteiger partial charge in [-0.1, -0.05) is 0 Å². The predicted molar refractivity (Wildman–Crippen MR) is 60.2 cm³/mol. The maximum Gasteiger partial charge on any atom is 0.313 e. The third kappa shape index (κ3) is 1.51. The van der Waals surface area contributed by atoms with Gasteiger partial charge < -0.3 is 14.7 Å². The van der Waals surface area contributed by atoms with Crippen molar-refractivity contribution in [2.75, 3.05) is 31.2 Å². The zero-order valence-electron chi connectivity index (χ0n) is 9.43. The van der Waals surface area contributed by atoms with E-state index in [0.29, 0.717) is 26.3 Å². The number of rotatable bonds is 2. The summed E-state index contributed by atoms with van der Waals surface area (Å²) < 4.78 is 18.9. The lowest BCUT2D eigenvalue weighted by Gasteiger charge is -2.55. The molecular weight excluding hydrogens is 243 g/mol. The van der Waals surface area contributed by atoms with Crippen LogP contribution in [0.3, 0.4) is 0 Å². The Bertz CT molecular complexity index is 522. The van der Waals surface area contributed by atoms with Gasteiger partial charge in [0.25, 0.3) is 0 Å². The molecule has 1 spiro atoms. The highest BCUT2D eigenvalue weighted by atomic mass is 19.1. The van der Waals surface area contributed by atoms with E-state index in [-0.39, 0.29) is 11.1 Å². The van der Waals surface area contributed by atoms with Gasteiger partial charge >= 0.3 is 5.69 Å². The lowest BCUT2D eigenvalue weighted by atomic mass is 9.77. The third-order valence-electron chi connectivity index (χ3n) is 3.45. The number of phenols is 1. The molecule has 0 bridgehead atoms. The first-order valence-electron chi connectivity index (χ1n) is 5.50. The van der Waals surface area contributed by atoms with Crippen molar-refractivity contribution < 1.29 is 19.2 Å². The van der Waals surface area contributed by atoms with E-state index in [1.54, 1.807) is 4.90 Å². The van der Waals surface area contributed by atoms with Crippen LogP contribution in [-0.2, 0) is 4.74 Å². The van der Waals surface area contributed by atoms with Gasteiger partial charge in [0.1, 0.15) is 0 Å². The number of nitro groups is 1. The van der Waals surface area contributed by atoms with Crippen LogP contribution < -0.4 is 4.90 Å². The fraction of sp³-hybridized carbons (Fsp3) is 0.455. The van der Waals surface area contributed by atoms with E-state index in [4.69, 9.17) is 4.74 Å². The van der Waals surface area contributed by atoms with Gasteiger partial charge in [-0.2, -0.15) is 0 Å². The van der Waals surface area contributed by atoms with Gasteiger partial charge in [-0.15, -0.1) is 0 Å². The molecule has 0 saturated carbocycles. The first-order valence-corrected chi connectivity index (χ1v) is 5.50. The Kier molecular flexibility index (Phi) is 2.21. The molecule has 1 aromatic carbocycles. The Morgan fingerprint density at radius 3 is 2.61 bits per heavy atom. The molecule has 0 aromatic heterocycles. The maximum atomic E-state index is 13.7. The molecule has 0 amide bonds. The average molecular weight is 254 g/mol. The fourth-order valence-corrected chi connectivity index (χ4v) is 2.44. The molecule has 1 aromatic rings. The van der Waals surface area contributed by atoms with Crippen molar-refractivity contribution in [3.63, 3.8) is 0 Å². The van der Waals surface area contributed by atoms with E-state index in [2.05, 4.69) is 0 Å². The number of nitro benzene ring substituents is 1. The van der Waals surface area contributed by atoms with Crippen molar-refractivity contribution in [1.29, 1.82) is 0 Å². The number of aromatic hydroxyl groups is 1. The monoisotopic (exact) mass is 254 g/mol. The van der Waals surface area contributed by atoms with Crippen LogP contribution >= 0.6 is 0 Å². The lowest BCUT2D eigenvalue weighted by Crippen LogP contribution is -2.66. The van der Waals surface area contributed by atoms with Crippen molar-refractivity contribution in [2.45, 2.75) is 0 Å². The lowest BCUT2D eigenvalue weighted by molar-refractivity contribution is -0.386. The predicted octanol–water partition coefficient (Wildman–Crippen LogP) is 1.28. The zero-order chi connectivity index (χ0) is 12.9. The van der Waals surface area contributed by atoms with Crippen molar-refractivity contribution >= 4 is 11.4 Å². The van der Waals surface area contributed by atoms with Gasteiger partial charge in [-0.25, -0.2) is 4.39 Å². The topological polar surface area (TPSA) is 75.8 Å². The van der Waals surface area contributed by atoms with E-state index < -0.39 is 22.2 Å². The van der Waals surface area contributed by atoms with Crippen molar-refractivity contribution in [3.8, 4) is 5.75 Å². The van der Waals surface area contributed by atoms with E-state index in [0.717, 1.165) is 12.1 Å². The van der Waals surface area contributed by atoms with E-state index in [1.807, 2.05) is 0 Å². The standard InChI is InChI=1S/C11H11FN2O4/c12-7-1-9(14(16)17)10(15)2-8(7)13-3-11(4-13)5-18-6-11/h1-2,15H,3-6H2. The largest absolute Gasteiger partial charge is 0.502 e. The van der Waals surface area contributed by atoms with E-state index in [1.165, 1.54) is 0 Å². The summed E-state index contributed by atoms with van der Waals surface area (Å²) in [6, 6.07) is 1.87. The van der Waals surface area contributed by atoms with Gasteiger partial charge in [0.15, 0.2) is 11.6 Å². The second kappa shape index (κ2) is 3.55. The van der Waals surface area contributed by atoms with E-state index in [9.17, 15) is 19.6 Å². The second-order valence-electron chi connectivity index (χ2n) is 4.90. The molecule has 7 heteroatoms. The first kappa shape index (κ1) is 11.2. The molecule has 96 valence electrons. The van der Waals surface area contributed by atoms with Gasteiger partial charge in [-0.05, 0) is 0 Å². The Hall–Kier alpha value is -1.89. The number of anilines is 1. The summed E-state index contributed by atoms with van der Waals surface area (Å²) in [7, 11) is 0. The minimum Gasteiger partial charge on any atom is -0.502 e. The van der Waals surface area contributed by atoms with Crippen LogP contribution in [0.25, 0.3) is 0 Å².